The molecule has 2 aliphatic rings. The SMILES string of the molecule is O=c1[nH]c2c(c(=O)n1C1CCOCC1)CC(F)C(c1ccccc1F)N2. The van der Waals surface area contributed by atoms with E-state index in [1.165, 1.54) is 22.8 Å². The van der Waals surface area contributed by atoms with Crippen molar-refractivity contribution in [3.8, 4) is 0 Å². The molecule has 1 saturated heterocycles. The van der Waals surface area contributed by atoms with Crippen molar-refractivity contribution in [1.29, 1.82) is 0 Å². The van der Waals surface area contributed by atoms with Crippen LogP contribution in [0.15, 0.2) is 33.9 Å². The Hall–Kier alpha value is -2.48. The third-order valence-electron chi connectivity index (χ3n) is 5.09. The summed E-state index contributed by atoms with van der Waals surface area (Å²) in [6, 6.07) is 4.67. The molecule has 3 heterocycles. The molecule has 0 bridgehead atoms. The van der Waals surface area contributed by atoms with Gasteiger partial charge in [-0.1, -0.05) is 18.2 Å². The first-order valence-corrected chi connectivity index (χ1v) is 8.66. The highest BCUT2D eigenvalue weighted by molar-refractivity contribution is 5.49. The maximum Gasteiger partial charge on any atom is 0.330 e. The summed E-state index contributed by atoms with van der Waals surface area (Å²) in [4.78, 5) is 27.9. The number of halogens is 2. The van der Waals surface area contributed by atoms with Crippen LogP contribution in [0.2, 0.25) is 0 Å². The van der Waals surface area contributed by atoms with Gasteiger partial charge in [-0.25, -0.2) is 13.6 Å². The summed E-state index contributed by atoms with van der Waals surface area (Å²) in [6.07, 6.45) is -0.542. The number of alkyl halides is 1. The summed E-state index contributed by atoms with van der Waals surface area (Å²) < 4.78 is 35.2. The van der Waals surface area contributed by atoms with Crippen molar-refractivity contribution in [1.82, 2.24) is 9.55 Å². The van der Waals surface area contributed by atoms with Crippen LogP contribution in [0.25, 0.3) is 0 Å². The minimum Gasteiger partial charge on any atom is -0.381 e. The van der Waals surface area contributed by atoms with E-state index < -0.39 is 29.3 Å². The molecule has 1 aromatic carbocycles. The summed E-state index contributed by atoms with van der Waals surface area (Å²) in [5.41, 5.74) is -0.674. The van der Waals surface area contributed by atoms with Gasteiger partial charge in [-0.3, -0.25) is 14.3 Å². The van der Waals surface area contributed by atoms with E-state index >= 15 is 0 Å². The molecule has 138 valence electrons. The maximum atomic E-state index is 14.8. The Morgan fingerprint density at radius 2 is 1.88 bits per heavy atom. The molecular formula is C18H19F2N3O3. The molecule has 4 rings (SSSR count). The maximum absolute atomic E-state index is 14.8. The van der Waals surface area contributed by atoms with E-state index in [1.54, 1.807) is 6.07 Å². The lowest BCUT2D eigenvalue weighted by Crippen LogP contribution is -2.45. The summed E-state index contributed by atoms with van der Waals surface area (Å²) in [6.45, 7) is 0.958. The van der Waals surface area contributed by atoms with E-state index in [1.807, 2.05) is 0 Å². The Balaban J connectivity index is 1.74. The van der Waals surface area contributed by atoms with E-state index in [0.717, 1.165) is 0 Å². The lowest BCUT2D eigenvalue weighted by atomic mass is 9.93. The zero-order valence-corrected chi connectivity index (χ0v) is 14.0. The molecule has 0 radical (unpaired) electrons. The van der Waals surface area contributed by atoms with Gasteiger partial charge in [0.2, 0.25) is 0 Å². The van der Waals surface area contributed by atoms with Crippen molar-refractivity contribution in [3.63, 3.8) is 0 Å². The van der Waals surface area contributed by atoms with Crippen LogP contribution in [0.3, 0.4) is 0 Å². The van der Waals surface area contributed by atoms with E-state index in [2.05, 4.69) is 10.3 Å². The van der Waals surface area contributed by atoms with E-state index in [-0.39, 0.29) is 29.4 Å². The highest BCUT2D eigenvalue weighted by Gasteiger charge is 2.34. The van der Waals surface area contributed by atoms with Crippen molar-refractivity contribution >= 4 is 5.82 Å². The van der Waals surface area contributed by atoms with Crippen molar-refractivity contribution < 1.29 is 13.5 Å². The molecule has 2 unspecified atom stereocenters. The molecule has 0 saturated carbocycles. The number of H-pyrrole nitrogens is 1. The highest BCUT2D eigenvalue weighted by Crippen LogP contribution is 2.33. The first-order valence-electron chi connectivity index (χ1n) is 8.66. The van der Waals surface area contributed by atoms with E-state index in [0.29, 0.717) is 26.1 Å². The number of hydrogen-bond acceptors (Lipinski definition) is 4. The van der Waals surface area contributed by atoms with Gasteiger partial charge in [0.1, 0.15) is 17.8 Å². The Morgan fingerprint density at radius 3 is 2.62 bits per heavy atom. The fourth-order valence-electron chi connectivity index (χ4n) is 3.73. The van der Waals surface area contributed by atoms with Crippen LogP contribution < -0.4 is 16.6 Å². The van der Waals surface area contributed by atoms with Gasteiger partial charge in [0.25, 0.3) is 5.56 Å². The molecule has 0 aliphatic carbocycles. The summed E-state index contributed by atoms with van der Waals surface area (Å²) in [5, 5.41) is 2.81. The number of anilines is 1. The molecule has 1 aromatic heterocycles. The molecular weight excluding hydrogens is 344 g/mol. The standard InChI is InChI=1S/C18H19F2N3O3/c19-13-4-2-1-3-11(13)15-14(20)9-12-16(21-15)22-18(25)23(17(12)24)10-5-7-26-8-6-10/h1-4,10,14-15,21H,5-9H2,(H,22,25). The van der Waals surface area contributed by atoms with E-state index in [9.17, 15) is 18.4 Å². The molecule has 0 spiro atoms. The number of nitrogens with one attached hydrogen (secondary N) is 2. The van der Waals surface area contributed by atoms with Gasteiger partial charge >= 0.3 is 5.69 Å². The third-order valence-corrected chi connectivity index (χ3v) is 5.09. The molecule has 6 nitrogen and oxygen atoms in total. The number of fused-ring (bicyclic) bond motifs is 1. The zero-order valence-electron chi connectivity index (χ0n) is 14.0. The Morgan fingerprint density at radius 1 is 1.15 bits per heavy atom. The van der Waals surface area contributed by atoms with Crippen LogP contribution >= 0.6 is 0 Å². The fourth-order valence-corrected chi connectivity index (χ4v) is 3.73. The minimum atomic E-state index is -1.49. The molecule has 8 heteroatoms. The lowest BCUT2D eigenvalue weighted by molar-refractivity contribution is 0.0673. The zero-order chi connectivity index (χ0) is 18.3. The Bertz CT molecular complexity index is 934. The van der Waals surface area contributed by atoms with Crippen molar-refractivity contribution in [2.24, 2.45) is 0 Å². The normalized spacial score (nSPS) is 23.3. The molecule has 1 fully saturated rings. The van der Waals surface area contributed by atoms with Crippen molar-refractivity contribution in [2.75, 3.05) is 18.5 Å². The van der Waals surface area contributed by atoms with Crippen LogP contribution in [-0.4, -0.2) is 28.9 Å². The molecule has 2 aromatic rings. The smallest absolute Gasteiger partial charge is 0.330 e. The summed E-state index contributed by atoms with van der Waals surface area (Å²) in [5.74, 6) is -0.362. The Kier molecular flexibility index (Phi) is 4.36. The largest absolute Gasteiger partial charge is 0.381 e. The first-order chi connectivity index (χ1) is 12.6. The van der Waals surface area contributed by atoms with Gasteiger partial charge in [-0.05, 0) is 18.9 Å². The van der Waals surface area contributed by atoms with Crippen LogP contribution in [0.4, 0.5) is 14.6 Å². The molecule has 2 N–H and O–H groups in total. The second-order valence-corrected chi connectivity index (χ2v) is 6.67. The van der Waals surface area contributed by atoms with Crippen LogP contribution in [-0.2, 0) is 11.2 Å². The van der Waals surface area contributed by atoms with Crippen molar-refractivity contribution in [3.05, 3.63) is 62.0 Å². The quantitative estimate of drug-likeness (QED) is 0.857. The predicted octanol–water partition coefficient (Wildman–Crippen LogP) is 2.07. The summed E-state index contributed by atoms with van der Waals surface area (Å²) >= 11 is 0. The minimum absolute atomic E-state index is 0.167. The highest BCUT2D eigenvalue weighted by atomic mass is 19.1. The fraction of sp³-hybridized carbons (Fsp3) is 0.444. The molecule has 2 atom stereocenters. The lowest BCUT2D eigenvalue weighted by Gasteiger charge is -2.31. The van der Waals surface area contributed by atoms with Crippen LogP contribution in [0, 0.1) is 5.82 Å². The monoisotopic (exact) mass is 363 g/mol. The van der Waals surface area contributed by atoms with Crippen LogP contribution in [0.1, 0.15) is 36.1 Å². The van der Waals surface area contributed by atoms with Gasteiger partial charge < -0.3 is 10.1 Å². The first kappa shape index (κ1) is 17.0. The second kappa shape index (κ2) is 6.68. The number of hydrogen-bond donors (Lipinski definition) is 2. The average molecular weight is 363 g/mol. The number of rotatable bonds is 2. The topological polar surface area (TPSA) is 76.1 Å². The number of ether oxygens (including phenoxy) is 1. The van der Waals surface area contributed by atoms with Crippen LogP contribution in [0.5, 0.6) is 0 Å². The molecule has 0 amide bonds. The number of nitrogens with zero attached hydrogens (tertiary/aromatic N) is 1. The number of aromatic amines is 1. The predicted molar refractivity (Wildman–Crippen MR) is 91.8 cm³/mol. The summed E-state index contributed by atoms with van der Waals surface area (Å²) in [7, 11) is 0. The van der Waals surface area contributed by atoms with Gasteiger partial charge in [0, 0.05) is 31.2 Å². The number of benzene rings is 1. The molecule has 26 heavy (non-hydrogen) atoms. The van der Waals surface area contributed by atoms with Crippen molar-refractivity contribution in [2.45, 2.75) is 37.5 Å². The van der Waals surface area contributed by atoms with Gasteiger partial charge in [0.15, 0.2) is 0 Å². The number of aromatic nitrogens is 2. The van der Waals surface area contributed by atoms with Gasteiger partial charge in [-0.2, -0.15) is 0 Å². The Labute approximate surface area is 147 Å². The van der Waals surface area contributed by atoms with E-state index in [4.69, 9.17) is 4.74 Å². The second-order valence-electron chi connectivity index (χ2n) is 6.67. The molecule has 2 aliphatic heterocycles. The third kappa shape index (κ3) is 2.84. The average Bonchev–Trinajstić information content (AvgIpc) is 2.64. The van der Waals surface area contributed by atoms with Gasteiger partial charge in [-0.15, -0.1) is 0 Å². The van der Waals surface area contributed by atoms with Gasteiger partial charge in [0.05, 0.1) is 11.6 Å².